The Hall–Kier alpha value is -5.09. The van der Waals surface area contributed by atoms with Crippen molar-refractivity contribution < 1.29 is 14.6 Å². The molecule has 0 bridgehead atoms. The fraction of sp³-hybridized carbons (Fsp3) is 0.0833. The Morgan fingerprint density at radius 2 is 1.40 bits per heavy atom. The molecule has 0 fully saturated rings. The van der Waals surface area contributed by atoms with Crippen LogP contribution < -0.4 is 4.74 Å². The number of aromatic nitrogens is 1. The Kier molecular flexibility index (Phi) is 7.14. The van der Waals surface area contributed by atoms with E-state index in [1.54, 1.807) is 0 Å². The summed E-state index contributed by atoms with van der Waals surface area (Å²) in [5.74, 6) is -0.107. The van der Waals surface area contributed by atoms with Crippen LogP contribution in [0.1, 0.15) is 33.6 Å². The molecule has 0 saturated carbocycles. The number of aryl methyl sites for hydroxylation is 1. The zero-order valence-electron chi connectivity index (χ0n) is 22.0. The van der Waals surface area contributed by atoms with Crippen molar-refractivity contribution >= 4 is 39.8 Å². The number of aromatic amines is 1. The van der Waals surface area contributed by atoms with Crippen molar-refractivity contribution in [2.24, 2.45) is 0 Å². The molecule has 196 valence electrons. The number of rotatable bonds is 9. The van der Waals surface area contributed by atoms with Crippen LogP contribution in [0.2, 0.25) is 0 Å². The second-order valence-electron chi connectivity index (χ2n) is 9.77. The second kappa shape index (κ2) is 11.3. The summed E-state index contributed by atoms with van der Waals surface area (Å²) in [6.45, 7) is 0.496. The van der Waals surface area contributed by atoms with Gasteiger partial charge in [0.25, 0.3) is 0 Å². The van der Waals surface area contributed by atoms with E-state index in [0.29, 0.717) is 19.4 Å². The molecule has 0 aliphatic rings. The van der Waals surface area contributed by atoms with Gasteiger partial charge in [-0.05, 0) is 52.1 Å². The summed E-state index contributed by atoms with van der Waals surface area (Å²) in [4.78, 5) is 15.4. The number of hydrogen-bond donors (Lipinski definition) is 2. The number of benzene rings is 5. The van der Waals surface area contributed by atoms with E-state index < -0.39 is 5.97 Å². The largest absolute Gasteiger partial charge is 0.493 e. The summed E-state index contributed by atoms with van der Waals surface area (Å²) in [5, 5.41) is 13.1. The predicted molar refractivity (Wildman–Crippen MR) is 164 cm³/mol. The van der Waals surface area contributed by atoms with E-state index in [0.717, 1.165) is 55.2 Å². The van der Waals surface area contributed by atoms with Gasteiger partial charge in [-0.1, -0.05) is 121 Å². The number of H-pyrrole nitrogens is 1. The Bertz CT molecular complexity index is 1830. The minimum Gasteiger partial charge on any atom is -0.493 e. The van der Waals surface area contributed by atoms with Gasteiger partial charge in [-0.2, -0.15) is 0 Å². The molecule has 2 N–H and O–H groups in total. The molecule has 0 unspecified atom stereocenters. The third kappa shape index (κ3) is 5.12. The molecule has 0 spiro atoms. The quantitative estimate of drug-likeness (QED) is 0.147. The molecular weight excluding hydrogens is 494 g/mol. The lowest BCUT2D eigenvalue weighted by Crippen LogP contribution is -2.04. The number of para-hydroxylation sites is 1. The van der Waals surface area contributed by atoms with Crippen LogP contribution in [-0.2, 0) is 6.42 Å². The molecule has 4 heteroatoms. The van der Waals surface area contributed by atoms with Crippen LogP contribution in [0.25, 0.3) is 45.0 Å². The fourth-order valence-electron chi connectivity index (χ4n) is 5.33. The van der Waals surface area contributed by atoms with Gasteiger partial charge in [0.2, 0.25) is 0 Å². The Balaban J connectivity index is 1.25. The van der Waals surface area contributed by atoms with Crippen LogP contribution in [0.3, 0.4) is 0 Å². The van der Waals surface area contributed by atoms with E-state index in [-0.39, 0.29) is 5.69 Å². The molecule has 5 aromatic carbocycles. The molecule has 0 aliphatic heterocycles. The van der Waals surface area contributed by atoms with E-state index in [1.807, 2.05) is 72.8 Å². The van der Waals surface area contributed by atoms with Crippen LogP contribution in [0.5, 0.6) is 5.75 Å². The second-order valence-corrected chi connectivity index (χ2v) is 9.77. The molecule has 6 aromatic rings. The van der Waals surface area contributed by atoms with E-state index >= 15 is 0 Å². The third-order valence-electron chi connectivity index (χ3n) is 7.25. The summed E-state index contributed by atoms with van der Waals surface area (Å²) < 4.78 is 6.12. The fourth-order valence-corrected chi connectivity index (χ4v) is 5.33. The number of carbonyl (C=O) groups is 1. The number of nitrogens with one attached hydrogen (secondary N) is 1. The summed E-state index contributed by atoms with van der Waals surface area (Å²) in [6.07, 6.45) is 5.44. The van der Waals surface area contributed by atoms with Gasteiger partial charge in [0, 0.05) is 10.8 Å². The van der Waals surface area contributed by atoms with Crippen LogP contribution in [0.15, 0.2) is 115 Å². The summed E-state index contributed by atoms with van der Waals surface area (Å²) in [6, 6.07) is 38.8. The van der Waals surface area contributed by atoms with E-state index in [1.165, 1.54) is 0 Å². The SMILES string of the molecule is O=C(O)c1[nH]c2c(/C=C/c3ccccc3-c3ccccc3)cccc2c1CCCOc1cccc2ccccc12. The number of carboxylic acid groups (broad SMARTS) is 1. The van der Waals surface area contributed by atoms with Crippen molar-refractivity contribution in [3.05, 3.63) is 138 Å². The normalized spacial score (nSPS) is 11.4. The lowest BCUT2D eigenvalue weighted by atomic mass is 9.98. The molecule has 0 radical (unpaired) electrons. The molecule has 4 nitrogen and oxygen atoms in total. The van der Waals surface area contributed by atoms with Gasteiger partial charge >= 0.3 is 5.97 Å². The molecule has 0 atom stereocenters. The lowest BCUT2D eigenvalue weighted by Gasteiger charge is -2.09. The summed E-state index contributed by atoms with van der Waals surface area (Å²) in [7, 11) is 0. The monoisotopic (exact) mass is 523 g/mol. The van der Waals surface area contributed by atoms with Gasteiger partial charge in [-0.3, -0.25) is 0 Å². The Labute approximate surface area is 233 Å². The average Bonchev–Trinajstić information content (AvgIpc) is 3.38. The topological polar surface area (TPSA) is 62.3 Å². The van der Waals surface area contributed by atoms with Crippen molar-refractivity contribution in [2.75, 3.05) is 6.61 Å². The van der Waals surface area contributed by atoms with Crippen molar-refractivity contribution in [1.82, 2.24) is 4.98 Å². The maximum Gasteiger partial charge on any atom is 0.352 e. The number of carboxylic acids is 1. The highest BCUT2D eigenvalue weighted by Crippen LogP contribution is 2.30. The minimum absolute atomic E-state index is 0.241. The lowest BCUT2D eigenvalue weighted by molar-refractivity contribution is 0.0690. The molecular formula is C36H29NO3. The van der Waals surface area contributed by atoms with Gasteiger partial charge in [0.05, 0.1) is 12.1 Å². The molecule has 1 heterocycles. The Morgan fingerprint density at radius 1 is 0.725 bits per heavy atom. The van der Waals surface area contributed by atoms with E-state index in [9.17, 15) is 9.90 Å². The maximum atomic E-state index is 12.2. The van der Waals surface area contributed by atoms with Crippen molar-refractivity contribution in [3.63, 3.8) is 0 Å². The molecule has 0 aliphatic carbocycles. The van der Waals surface area contributed by atoms with Gasteiger partial charge in [-0.15, -0.1) is 0 Å². The summed E-state index contributed by atoms with van der Waals surface area (Å²) >= 11 is 0. The number of hydrogen-bond acceptors (Lipinski definition) is 2. The van der Waals surface area contributed by atoms with Crippen molar-refractivity contribution in [1.29, 1.82) is 0 Å². The molecule has 6 rings (SSSR count). The first-order chi connectivity index (χ1) is 19.7. The smallest absolute Gasteiger partial charge is 0.352 e. The average molecular weight is 524 g/mol. The Morgan fingerprint density at radius 3 is 2.27 bits per heavy atom. The van der Waals surface area contributed by atoms with Crippen LogP contribution in [0, 0.1) is 0 Å². The van der Waals surface area contributed by atoms with Gasteiger partial charge in [-0.25, -0.2) is 4.79 Å². The highest BCUT2D eigenvalue weighted by Gasteiger charge is 2.18. The molecule has 1 aromatic heterocycles. The van der Waals surface area contributed by atoms with Crippen molar-refractivity contribution in [3.8, 4) is 16.9 Å². The third-order valence-corrected chi connectivity index (χ3v) is 7.25. The van der Waals surface area contributed by atoms with Crippen molar-refractivity contribution in [2.45, 2.75) is 12.8 Å². The highest BCUT2D eigenvalue weighted by molar-refractivity contribution is 6.01. The molecule has 0 amide bonds. The maximum absolute atomic E-state index is 12.2. The van der Waals surface area contributed by atoms with Gasteiger partial charge in [0.1, 0.15) is 11.4 Å². The first-order valence-corrected chi connectivity index (χ1v) is 13.5. The van der Waals surface area contributed by atoms with E-state index in [4.69, 9.17) is 4.74 Å². The molecule has 40 heavy (non-hydrogen) atoms. The standard InChI is InChI=1S/C36H29NO3/c38-36(39)35-32(20-10-24-40-33-21-9-15-26-13-5-7-18-30(26)33)31-19-8-16-28(34(31)37-35)23-22-27-14-4-6-17-29(27)25-11-2-1-3-12-25/h1-9,11-19,21-23,37H,10,20,24H2,(H,38,39)/b23-22+. The zero-order chi connectivity index (χ0) is 27.3. The first-order valence-electron chi connectivity index (χ1n) is 13.5. The van der Waals surface area contributed by atoms with E-state index in [2.05, 4.69) is 59.6 Å². The highest BCUT2D eigenvalue weighted by atomic mass is 16.5. The minimum atomic E-state index is -0.953. The zero-order valence-corrected chi connectivity index (χ0v) is 22.0. The summed E-state index contributed by atoms with van der Waals surface area (Å²) in [5.41, 5.74) is 6.23. The van der Waals surface area contributed by atoms with Crippen LogP contribution >= 0.6 is 0 Å². The first kappa shape index (κ1) is 25.2. The number of fused-ring (bicyclic) bond motifs is 2. The van der Waals surface area contributed by atoms with Gasteiger partial charge < -0.3 is 14.8 Å². The number of ether oxygens (including phenoxy) is 1. The van der Waals surface area contributed by atoms with Crippen LogP contribution in [-0.4, -0.2) is 22.7 Å². The molecule has 0 saturated heterocycles. The van der Waals surface area contributed by atoms with Crippen LogP contribution in [0.4, 0.5) is 0 Å². The predicted octanol–water partition coefficient (Wildman–Crippen LogP) is 8.87. The van der Waals surface area contributed by atoms with Gasteiger partial charge in [0.15, 0.2) is 0 Å². The number of aromatic carboxylic acids is 1.